The molecule has 0 aromatic carbocycles. The number of nitrogens with zero attached hydrogens (tertiary/aromatic N) is 4. The van der Waals surface area contributed by atoms with Crippen LogP contribution in [0, 0.1) is 13.8 Å². The van der Waals surface area contributed by atoms with Crippen molar-refractivity contribution in [3.05, 3.63) is 23.3 Å². The summed E-state index contributed by atoms with van der Waals surface area (Å²) in [5.41, 5.74) is 2.95. The van der Waals surface area contributed by atoms with E-state index in [9.17, 15) is 4.79 Å². The lowest BCUT2D eigenvalue weighted by molar-refractivity contribution is -0.122. The molecule has 1 aliphatic heterocycles. The quantitative estimate of drug-likeness (QED) is 0.900. The van der Waals surface area contributed by atoms with E-state index in [1.165, 1.54) is 6.33 Å². The molecule has 7 nitrogen and oxygen atoms in total. The maximum atomic E-state index is 12.2. The second-order valence-corrected chi connectivity index (χ2v) is 6.14. The van der Waals surface area contributed by atoms with Crippen molar-refractivity contribution in [2.75, 3.05) is 6.61 Å². The van der Waals surface area contributed by atoms with Gasteiger partial charge in [-0.1, -0.05) is 0 Å². The highest BCUT2D eigenvalue weighted by atomic mass is 16.5. The summed E-state index contributed by atoms with van der Waals surface area (Å²) in [6, 6.07) is 0.0584. The lowest BCUT2D eigenvalue weighted by Gasteiger charge is -2.20. The van der Waals surface area contributed by atoms with Gasteiger partial charge in [0, 0.05) is 24.4 Å². The van der Waals surface area contributed by atoms with Crippen LogP contribution in [-0.2, 0) is 16.0 Å². The number of hydrogen-bond acceptors (Lipinski definition) is 5. The van der Waals surface area contributed by atoms with Gasteiger partial charge in [-0.25, -0.2) is 9.50 Å². The van der Waals surface area contributed by atoms with Crippen LogP contribution >= 0.6 is 0 Å². The minimum Gasteiger partial charge on any atom is -0.376 e. The molecule has 0 spiro atoms. The molecule has 1 amide bonds. The average Bonchev–Trinajstić information content (AvgIpc) is 3.18. The number of aromatic nitrogens is 4. The van der Waals surface area contributed by atoms with Gasteiger partial charge in [0.25, 0.3) is 5.78 Å². The first kappa shape index (κ1) is 15.9. The summed E-state index contributed by atoms with van der Waals surface area (Å²) in [5, 5.41) is 7.22. The van der Waals surface area contributed by atoms with Crippen molar-refractivity contribution in [1.82, 2.24) is 24.9 Å². The molecule has 3 rings (SSSR count). The van der Waals surface area contributed by atoms with E-state index < -0.39 is 0 Å². The van der Waals surface area contributed by atoms with E-state index in [-0.39, 0.29) is 18.1 Å². The Morgan fingerprint density at radius 2 is 2.35 bits per heavy atom. The van der Waals surface area contributed by atoms with Gasteiger partial charge < -0.3 is 10.1 Å². The van der Waals surface area contributed by atoms with Crippen LogP contribution < -0.4 is 5.32 Å². The number of hydrogen-bond donors (Lipinski definition) is 1. The fourth-order valence-corrected chi connectivity index (χ4v) is 3.17. The first-order chi connectivity index (χ1) is 11.1. The first-order valence-electron chi connectivity index (χ1n) is 8.13. The fraction of sp³-hybridized carbons (Fsp3) is 0.625. The first-order valence-corrected chi connectivity index (χ1v) is 8.13. The maximum absolute atomic E-state index is 12.2. The monoisotopic (exact) mass is 317 g/mol. The predicted molar refractivity (Wildman–Crippen MR) is 85.2 cm³/mol. The zero-order chi connectivity index (χ0) is 16.4. The van der Waals surface area contributed by atoms with Crippen LogP contribution in [0.4, 0.5) is 0 Å². The van der Waals surface area contributed by atoms with Crippen molar-refractivity contribution in [3.8, 4) is 0 Å². The molecule has 0 unspecified atom stereocenters. The van der Waals surface area contributed by atoms with Crippen molar-refractivity contribution in [2.45, 2.75) is 58.6 Å². The lowest BCUT2D eigenvalue weighted by Crippen LogP contribution is -2.40. The Hall–Kier alpha value is -2.02. The molecular weight excluding hydrogens is 294 g/mol. The number of fused-ring (bicyclic) bond motifs is 1. The molecule has 0 aliphatic carbocycles. The summed E-state index contributed by atoms with van der Waals surface area (Å²) >= 11 is 0. The molecule has 1 fully saturated rings. The van der Waals surface area contributed by atoms with Crippen LogP contribution in [0.3, 0.4) is 0 Å². The number of aryl methyl sites for hydroxylation is 2. The summed E-state index contributed by atoms with van der Waals surface area (Å²) in [4.78, 5) is 20.7. The molecule has 1 saturated heterocycles. The van der Waals surface area contributed by atoms with Gasteiger partial charge in [-0.15, -0.1) is 0 Å². The number of ether oxygens (including phenoxy) is 1. The van der Waals surface area contributed by atoms with Crippen LogP contribution in [0.25, 0.3) is 5.78 Å². The summed E-state index contributed by atoms with van der Waals surface area (Å²) in [6.45, 7) is 6.74. The van der Waals surface area contributed by atoms with Gasteiger partial charge in [-0.3, -0.25) is 4.79 Å². The largest absolute Gasteiger partial charge is 0.376 e. The van der Waals surface area contributed by atoms with E-state index in [1.807, 2.05) is 20.8 Å². The molecule has 3 heterocycles. The molecule has 23 heavy (non-hydrogen) atoms. The summed E-state index contributed by atoms with van der Waals surface area (Å²) in [6.07, 6.45) is 4.81. The zero-order valence-electron chi connectivity index (χ0n) is 13.9. The SMILES string of the molecule is Cc1nc2ncnn2c(C)c1CCC(=O)N[C@H](C)[C@H]1CCCO1. The van der Waals surface area contributed by atoms with E-state index in [0.29, 0.717) is 18.6 Å². The highest BCUT2D eigenvalue weighted by Gasteiger charge is 2.23. The van der Waals surface area contributed by atoms with Crippen LogP contribution in [0.1, 0.15) is 43.1 Å². The molecule has 124 valence electrons. The zero-order valence-corrected chi connectivity index (χ0v) is 13.9. The molecule has 2 aromatic heterocycles. The Morgan fingerprint density at radius 1 is 1.52 bits per heavy atom. The van der Waals surface area contributed by atoms with Crippen molar-refractivity contribution < 1.29 is 9.53 Å². The molecule has 2 atom stereocenters. The van der Waals surface area contributed by atoms with Gasteiger partial charge in [0.1, 0.15) is 6.33 Å². The molecule has 1 N–H and O–H groups in total. The lowest BCUT2D eigenvalue weighted by atomic mass is 10.1. The number of amides is 1. The molecule has 0 saturated carbocycles. The molecule has 1 aliphatic rings. The van der Waals surface area contributed by atoms with E-state index in [4.69, 9.17) is 4.74 Å². The maximum Gasteiger partial charge on any atom is 0.252 e. The molecule has 2 aromatic rings. The Labute approximate surface area is 135 Å². The van der Waals surface area contributed by atoms with Gasteiger partial charge in [0.05, 0.1) is 12.1 Å². The summed E-state index contributed by atoms with van der Waals surface area (Å²) in [7, 11) is 0. The third-order valence-electron chi connectivity index (χ3n) is 4.50. The van der Waals surface area contributed by atoms with Gasteiger partial charge in [0.2, 0.25) is 5.91 Å². The van der Waals surface area contributed by atoms with Gasteiger partial charge in [0.15, 0.2) is 0 Å². The topological polar surface area (TPSA) is 81.4 Å². The minimum absolute atomic E-state index is 0.0467. The molecular formula is C16H23N5O2. The Balaban J connectivity index is 1.62. The van der Waals surface area contributed by atoms with Crippen LogP contribution in [-0.4, -0.2) is 44.2 Å². The number of nitrogens with one attached hydrogen (secondary N) is 1. The summed E-state index contributed by atoms with van der Waals surface area (Å²) < 4.78 is 7.33. The second-order valence-electron chi connectivity index (χ2n) is 6.14. The van der Waals surface area contributed by atoms with Crippen LogP contribution in [0.5, 0.6) is 0 Å². The highest BCUT2D eigenvalue weighted by Crippen LogP contribution is 2.17. The van der Waals surface area contributed by atoms with Crippen molar-refractivity contribution in [1.29, 1.82) is 0 Å². The standard InChI is InChI=1S/C16H23N5O2/c1-10-13(12(3)21-16(20-10)17-9-18-21)6-7-15(22)19-11(2)14-5-4-8-23-14/h9,11,14H,4-8H2,1-3H3,(H,19,22)/t11-,14-/m1/s1. The fourth-order valence-electron chi connectivity index (χ4n) is 3.17. The van der Waals surface area contributed by atoms with Crippen molar-refractivity contribution >= 4 is 11.7 Å². The van der Waals surface area contributed by atoms with E-state index in [1.54, 1.807) is 4.52 Å². The van der Waals surface area contributed by atoms with Crippen LogP contribution in [0.2, 0.25) is 0 Å². The number of carbonyl (C=O) groups excluding carboxylic acids is 1. The van der Waals surface area contributed by atoms with E-state index >= 15 is 0 Å². The number of carbonyl (C=O) groups is 1. The molecule has 0 radical (unpaired) electrons. The normalized spacial score (nSPS) is 19.2. The minimum atomic E-state index is 0.0467. The van der Waals surface area contributed by atoms with Gasteiger partial charge in [-0.05, 0) is 45.6 Å². The van der Waals surface area contributed by atoms with Crippen molar-refractivity contribution in [2.24, 2.45) is 0 Å². The number of rotatable bonds is 5. The third kappa shape index (κ3) is 3.34. The third-order valence-corrected chi connectivity index (χ3v) is 4.50. The second kappa shape index (κ2) is 6.62. The average molecular weight is 317 g/mol. The van der Waals surface area contributed by atoms with E-state index in [0.717, 1.165) is 36.4 Å². The Bertz CT molecular complexity index is 706. The highest BCUT2D eigenvalue weighted by molar-refractivity contribution is 5.76. The smallest absolute Gasteiger partial charge is 0.252 e. The van der Waals surface area contributed by atoms with Gasteiger partial charge >= 0.3 is 0 Å². The Morgan fingerprint density at radius 3 is 3.09 bits per heavy atom. The predicted octanol–water partition coefficient (Wildman–Crippen LogP) is 1.36. The molecule has 7 heteroatoms. The summed E-state index contributed by atoms with van der Waals surface area (Å²) in [5.74, 6) is 0.644. The van der Waals surface area contributed by atoms with Crippen LogP contribution in [0.15, 0.2) is 6.33 Å². The Kier molecular flexibility index (Phi) is 4.56. The molecule has 0 bridgehead atoms. The van der Waals surface area contributed by atoms with Gasteiger partial charge in [-0.2, -0.15) is 10.1 Å². The van der Waals surface area contributed by atoms with Crippen molar-refractivity contribution in [3.63, 3.8) is 0 Å². The van der Waals surface area contributed by atoms with E-state index in [2.05, 4.69) is 20.4 Å².